The molecule has 1 rings (SSSR count). The first kappa shape index (κ1) is 11.0. The molecule has 2 N–H and O–H groups in total. The topological polar surface area (TPSA) is 77.8 Å². The van der Waals surface area contributed by atoms with E-state index in [1.54, 1.807) is 19.0 Å². The lowest BCUT2D eigenvalue weighted by Gasteiger charge is -2.15. The molecule has 0 atom stereocenters. The number of anilines is 1. The van der Waals surface area contributed by atoms with Crippen LogP contribution in [0.1, 0.15) is 20.7 Å². The fraction of sp³-hybridized carbons (Fsp3) is 0.200. The Kier molecular flexibility index (Phi) is 2.94. The van der Waals surface area contributed by atoms with Crippen molar-refractivity contribution in [3.8, 4) is 0 Å². The molecule has 15 heavy (non-hydrogen) atoms. The Labute approximate surface area is 86.6 Å². The average molecular weight is 209 g/mol. The van der Waals surface area contributed by atoms with Gasteiger partial charge in [0.25, 0.3) is 0 Å². The molecule has 1 aromatic rings. The largest absolute Gasteiger partial charge is 0.478 e. The minimum atomic E-state index is -1.07. The van der Waals surface area contributed by atoms with Gasteiger partial charge in [-0.05, 0) is 18.2 Å². The monoisotopic (exact) mass is 209 g/mol. The summed E-state index contributed by atoms with van der Waals surface area (Å²) in [6.45, 7) is 0. The molecular formula is C10H11NO4. The highest BCUT2D eigenvalue weighted by molar-refractivity contribution is 5.97. The van der Waals surface area contributed by atoms with E-state index in [4.69, 9.17) is 10.2 Å². The maximum Gasteiger partial charge on any atom is 0.337 e. The maximum atomic E-state index is 10.8. The molecule has 1 aromatic carbocycles. The van der Waals surface area contributed by atoms with Crippen molar-refractivity contribution in [1.29, 1.82) is 0 Å². The average Bonchev–Trinajstić information content (AvgIpc) is 2.16. The van der Waals surface area contributed by atoms with Crippen molar-refractivity contribution in [2.45, 2.75) is 0 Å². The molecule has 5 heteroatoms. The van der Waals surface area contributed by atoms with E-state index in [2.05, 4.69) is 0 Å². The van der Waals surface area contributed by atoms with Crippen molar-refractivity contribution in [3.63, 3.8) is 0 Å². The minimum Gasteiger partial charge on any atom is -0.478 e. The first-order chi connectivity index (χ1) is 6.93. The predicted octanol–water partition coefficient (Wildman–Crippen LogP) is 1.15. The van der Waals surface area contributed by atoms with Crippen LogP contribution in [0.25, 0.3) is 0 Å². The number of benzene rings is 1. The van der Waals surface area contributed by atoms with E-state index in [1.165, 1.54) is 18.2 Å². The summed E-state index contributed by atoms with van der Waals surface area (Å²) in [5.41, 5.74) is 0.538. The van der Waals surface area contributed by atoms with Gasteiger partial charge >= 0.3 is 11.9 Å². The van der Waals surface area contributed by atoms with E-state index in [9.17, 15) is 9.59 Å². The van der Waals surface area contributed by atoms with Crippen LogP contribution in [0.5, 0.6) is 0 Å². The fourth-order valence-corrected chi connectivity index (χ4v) is 1.22. The quantitative estimate of drug-likeness (QED) is 0.780. The van der Waals surface area contributed by atoms with E-state index >= 15 is 0 Å². The van der Waals surface area contributed by atoms with Crippen LogP contribution in [0.3, 0.4) is 0 Å². The van der Waals surface area contributed by atoms with E-state index in [0.717, 1.165) is 0 Å². The molecule has 0 aliphatic rings. The van der Waals surface area contributed by atoms with Gasteiger partial charge in [0.05, 0.1) is 16.8 Å². The van der Waals surface area contributed by atoms with Crippen LogP contribution >= 0.6 is 0 Å². The van der Waals surface area contributed by atoms with Gasteiger partial charge in [-0.2, -0.15) is 0 Å². The minimum absolute atomic E-state index is 0.0729. The molecule has 0 fully saturated rings. The molecule has 0 saturated heterocycles. The summed E-state index contributed by atoms with van der Waals surface area (Å²) < 4.78 is 0. The van der Waals surface area contributed by atoms with Crippen molar-refractivity contribution < 1.29 is 19.8 Å². The Bertz CT molecular complexity index is 412. The molecule has 0 spiro atoms. The summed E-state index contributed by atoms with van der Waals surface area (Å²) in [4.78, 5) is 23.1. The first-order valence-electron chi connectivity index (χ1n) is 4.21. The van der Waals surface area contributed by atoms with Crippen molar-refractivity contribution >= 4 is 17.6 Å². The SMILES string of the molecule is CN(C)c1cc(C(=O)O)ccc1C(=O)O. The molecule has 0 saturated carbocycles. The number of aromatic carboxylic acids is 2. The van der Waals surface area contributed by atoms with Crippen LogP contribution in [0, 0.1) is 0 Å². The van der Waals surface area contributed by atoms with Gasteiger partial charge in [0, 0.05) is 14.1 Å². The number of carbonyl (C=O) groups is 2. The van der Waals surface area contributed by atoms with Gasteiger partial charge in [-0.1, -0.05) is 0 Å². The molecule has 80 valence electrons. The molecule has 0 heterocycles. The van der Waals surface area contributed by atoms with Crippen LogP contribution in [-0.2, 0) is 0 Å². The van der Waals surface area contributed by atoms with Gasteiger partial charge in [0.1, 0.15) is 0 Å². The number of carboxylic acid groups (broad SMARTS) is 2. The lowest BCUT2D eigenvalue weighted by Crippen LogP contribution is -2.15. The lowest BCUT2D eigenvalue weighted by molar-refractivity contribution is 0.0681. The zero-order valence-electron chi connectivity index (χ0n) is 8.39. The molecule has 0 aliphatic heterocycles. The van der Waals surface area contributed by atoms with E-state index in [1.807, 2.05) is 0 Å². The predicted molar refractivity (Wildman–Crippen MR) is 54.7 cm³/mol. The number of carboxylic acids is 2. The van der Waals surface area contributed by atoms with Crippen LogP contribution in [0.4, 0.5) is 5.69 Å². The Morgan fingerprint density at radius 3 is 2.13 bits per heavy atom. The summed E-state index contributed by atoms with van der Waals surface area (Å²) in [6, 6.07) is 3.91. The second kappa shape index (κ2) is 4.00. The van der Waals surface area contributed by atoms with Gasteiger partial charge < -0.3 is 15.1 Å². The van der Waals surface area contributed by atoms with Crippen molar-refractivity contribution in [2.24, 2.45) is 0 Å². The van der Waals surface area contributed by atoms with E-state index in [0.29, 0.717) is 5.69 Å². The molecule has 0 bridgehead atoms. The van der Waals surface area contributed by atoms with Gasteiger partial charge in [0.2, 0.25) is 0 Å². The number of rotatable bonds is 3. The fourth-order valence-electron chi connectivity index (χ4n) is 1.22. The Morgan fingerprint density at radius 1 is 1.13 bits per heavy atom. The van der Waals surface area contributed by atoms with Gasteiger partial charge in [0.15, 0.2) is 0 Å². The number of nitrogens with zero attached hydrogens (tertiary/aromatic N) is 1. The second-order valence-corrected chi connectivity index (χ2v) is 3.24. The maximum absolute atomic E-state index is 10.8. The highest BCUT2D eigenvalue weighted by Gasteiger charge is 2.14. The molecule has 0 radical (unpaired) electrons. The van der Waals surface area contributed by atoms with Crippen LogP contribution in [0.2, 0.25) is 0 Å². The molecule has 0 aromatic heterocycles. The van der Waals surface area contributed by atoms with Gasteiger partial charge in [-0.15, -0.1) is 0 Å². The molecule has 0 amide bonds. The summed E-state index contributed by atoms with van der Waals surface area (Å²) in [5, 5.41) is 17.6. The third-order valence-corrected chi connectivity index (χ3v) is 1.96. The van der Waals surface area contributed by atoms with Crippen LogP contribution in [0.15, 0.2) is 18.2 Å². The Balaban J connectivity index is 3.33. The summed E-state index contributed by atoms with van der Waals surface area (Å²) in [6.07, 6.45) is 0. The Hall–Kier alpha value is -2.04. The molecule has 5 nitrogen and oxygen atoms in total. The summed E-state index contributed by atoms with van der Waals surface area (Å²) in [5.74, 6) is -2.15. The van der Waals surface area contributed by atoms with Gasteiger partial charge in [-0.25, -0.2) is 9.59 Å². The standard InChI is InChI=1S/C10H11NO4/c1-11(2)8-5-6(9(12)13)3-4-7(8)10(14)15/h3-5H,1-2H3,(H,12,13)(H,14,15). The van der Waals surface area contributed by atoms with Gasteiger partial charge in [-0.3, -0.25) is 0 Å². The number of hydrogen-bond acceptors (Lipinski definition) is 3. The second-order valence-electron chi connectivity index (χ2n) is 3.24. The zero-order valence-corrected chi connectivity index (χ0v) is 8.39. The van der Waals surface area contributed by atoms with Crippen molar-refractivity contribution in [2.75, 3.05) is 19.0 Å². The summed E-state index contributed by atoms with van der Waals surface area (Å²) in [7, 11) is 3.32. The van der Waals surface area contributed by atoms with Crippen LogP contribution in [-0.4, -0.2) is 36.2 Å². The smallest absolute Gasteiger partial charge is 0.337 e. The molecule has 0 aliphatic carbocycles. The third-order valence-electron chi connectivity index (χ3n) is 1.96. The van der Waals surface area contributed by atoms with Crippen molar-refractivity contribution in [3.05, 3.63) is 29.3 Å². The van der Waals surface area contributed by atoms with E-state index < -0.39 is 11.9 Å². The third kappa shape index (κ3) is 2.25. The van der Waals surface area contributed by atoms with Crippen LogP contribution < -0.4 is 4.90 Å². The lowest BCUT2D eigenvalue weighted by atomic mass is 10.1. The normalized spacial score (nSPS) is 9.73. The molecule has 0 unspecified atom stereocenters. The zero-order chi connectivity index (χ0) is 11.6. The number of hydrogen-bond donors (Lipinski definition) is 2. The highest BCUT2D eigenvalue weighted by Crippen LogP contribution is 2.20. The first-order valence-corrected chi connectivity index (χ1v) is 4.21. The molecular weight excluding hydrogens is 198 g/mol. The van der Waals surface area contributed by atoms with E-state index in [-0.39, 0.29) is 11.1 Å². The Morgan fingerprint density at radius 2 is 1.73 bits per heavy atom. The highest BCUT2D eigenvalue weighted by atomic mass is 16.4. The summed E-state index contributed by atoms with van der Waals surface area (Å²) >= 11 is 0. The van der Waals surface area contributed by atoms with Crippen molar-refractivity contribution in [1.82, 2.24) is 0 Å².